The van der Waals surface area contributed by atoms with Crippen molar-refractivity contribution < 1.29 is 13.6 Å². The van der Waals surface area contributed by atoms with Gasteiger partial charge in [-0.2, -0.15) is 10.2 Å². The molecule has 1 aliphatic rings. The molecular weight excluding hydrogens is 370 g/mol. The maximum Gasteiger partial charge on any atom is 0.284 e. The monoisotopic (exact) mass is 390 g/mol. The minimum absolute atomic E-state index is 0.0417. The zero-order chi connectivity index (χ0) is 19.8. The smallest absolute Gasteiger partial charge is 0.284 e. The highest BCUT2D eigenvalue weighted by molar-refractivity contribution is 6.08. The summed E-state index contributed by atoms with van der Waals surface area (Å²) in [5.41, 5.74) is 6.05. The number of halogens is 2. The number of aromatic nitrogens is 5. The summed E-state index contributed by atoms with van der Waals surface area (Å²) in [4.78, 5) is 19.3. The first-order chi connectivity index (χ1) is 13.4. The Morgan fingerprint density at radius 2 is 2.25 bits per heavy atom. The number of aryl methyl sites for hydroxylation is 1. The second-order valence-corrected chi connectivity index (χ2v) is 6.82. The first-order valence-electron chi connectivity index (χ1n) is 8.90. The van der Waals surface area contributed by atoms with Crippen molar-refractivity contribution in [2.24, 2.45) is 12.8 Å². The number of rotatable bonds is 4. The Bertz CT molecular complexity index is 1010. The van der Waals surface area contributed by atoms with Gasteiger partial charge in [-0.1, -0.05) is 0 Å². The molecule has 11 heteroatoms. The number of piperidine rings is 1. The van der Waals surface area contributed by atoms with E-state index in [0.29, 0.717) is 18.0 Å². The number of nitrogens with two attached hydrogens (primary N) is 1. The van der Waals surface area contributed by atoms with Crippen molar-refractivity contribution in [2.45, 2.75) is 25.3 Å². The fourth-order valence-electron chi connectivity index (χ4n) is 3.37. The van der Waals surface area contributed by atoms with Crippen LogP contribution in [-0.4, -0.2) is 49.4 Å². The number of alkyl halides is 2. The lowest BCUT2D eigenvalue weighted by molar-refractivity contribution is 0.102. The van der Waals surface area contributed by atoms with Gasteiger partial charge in [-0.25, -0.2) is 18.3 Å². The third-order valence-electron chi connectivity index (χ3n) is 4.69. The number of anilines is 2. The first-order valence-corrected chi connectivity index (χ1v) is 8.90. The van der Waals surface area contributed by atoms with E-state index >= 15 is 0 Å². The molecule has 0 spiro atoms. The number of carbonyl (C=O) groups excluding carboxylic acids is 1. The number of carbonyl (C=O) groups is 1. The molecule has 1 amide bonds. The molecule has 0 aliphatic carbocycles. The van der Waals surface area contributed by atoms with Gasteiger partial charge in [0.25, 0.3) is 12.3 Å². The zero-order valence-corrected chi connectivity index (χ0v) is 15.2. The van der Waals surface area contributed by atoms with Crippen LogP contribution in [-0.2, 0) is 7.05 Å². The summed E-state index contributed by atoms with van der Waals surface area (Å²) in [5, 5.41) is 10.3. The van der Waals surface area contributed by atoms with E-state index < -0.39 is 18.0 Å². The molecule has 148 valence electrons. The summed E-state index contributed by atoms with van der Waals surface area (Å²) in [7, 11) is 1.51. The molecule has 28 heavy (non-hydrogen) atoms. The molecular formula is C17H20F2N8O. The van der Waals surface area contributed by atoms with Gasteiger partial charge in [-0.15, -0.1) is 0 Å². The van der Waals surface area contributed by atoms with Gasteiger partial charge in [-0.3, -0.25) is 9.48 Å². The Labute approximate surface area is 159 Å². The molecule has 3 aromatic heterocycles. The Morgan fingerprint density at radius 1 is 1.43 bits per heavy atom. The van der Waals surface area contributed by atoms with Crippen molar-refractivity contribution in [3.8, 4) is 0 Å². The summed E-state index contributed by atoms with van der Waals surface area (Å²) >= 11 is 0. The van der Waals surface area contributed by atoms with E-state index in [2.05, 4.69) is 25.4 Å². The van der Waals surface area contributed by atoms with Gasteiger partial charge >= 0.3 is 0 Å². The summed E-state index contributed by atoms with van der Waals surface area (Å²) < 4.78 is 28.9. The Hall–Kier alpha value is -3.08. The Morgan fingerprint density at radius 3 is 3.00 bits per heavy atom. The first kappa shape index (κ1) is 18.3. The average molecular weight is 390 g/mol. The van der Waals surface area contributed by atoms with E-state index in [1.54, 1.807) is 6.20 Å². The van der Waals surface area contributed by atoms with Crippen LogP contribution in [0.4, 0.5) is 20.3 Å². The number of nitrogens with zero attached hydrogens (tertiary/aromatic N) is 6. The largest absolute Gasteiger partial charge is 0.355 e. The predicted octanol–water partition coefficient (Wildman–Crippen LogP) is 1.58. The molecule has 0 bridgehead atoms. The average Bonchev–Trinajstić information content (AvgIpc) is 3.24. The topological polar surface area (TPSA) is 106 Å². The van der Waals surface area contributed by atoms with Gasteiger partial charge in [0.2, 0.25) is 0 Å². The van der Waals surface area contributed by atoms with Crippen molar-refractivity contribution in [3.05, 3.63) is 35.9 Å². The molecule has 1 unspecified atom stereocenters. The lowest BCUT2D eigenvalue weighted by atomic mass is 10.1. The minimum atomic E-state index is -2.80. The second kappa shape index (κ2) is 7.15. The summed E-state index contributed by atoms with van der Waals surface area (Å²) in [5.74, 6) is 0.122. The molecule has 0 radical (unpaired) electrons. The Balaban J connectivity index is 1.63. The van der Waals surface area contributed by atoms with Crippen molar-refractivity contribution >= 4 is 23.1 Å². The SMILES string of the molecule is Cn1cc(NC(=O)c2cnn3ccc(N4CCCC(N)C4)nc23)c(C(F)F)n1. The third-order valence-corrected chi connectivity index (χ3v) is 4.69. The third kappa shape index (κ3) is 3.40. The van der Waals surface area contributed by atoms with E-state index in [4.69, 9.17) is 5.73 Å². The van der Waals surface area contributed by atoms with Crippen molar-refractivity contribution in [1.82, 2.24) is 24.4 Å². The molecule has 4 heterocycles. The zero-order valence-electron chi connectivity index (χ0n) is 15.2. The molecule has 1 atom stereocenters. The van der Waals surface area contributed by atoms with Crippen molar-refractivity contribution in [1.29, 1.82) is 0 Å². The molecule has 1 aliphatic heterocycles. The standard InChI is InChI=1S/C17H20F2N8O/c1-25-9-12(14(24-25)15(18)19)22-17(28)11-7-21-27-6-4-13(23-16(11)27)26-5-2-3-10(20)8-26/h4,6-7,9-10,15H,2-3,5,8,20H2,1H3,(H,22,28). The van der Waals surface area contributed by atoms with Gasteiger partial charge < -0.3 is 16.0 Å². The summed E-state index contributed by atoms with van der Waals surface area (Å²) in [6.45, 7) is 1.52. The van der Waals surface area contributed by atoms with Crippen LogP contribution in [0.2, 0.25) is 0 Å². The van der Waals surface area contributed by atoms with Gasteiger partial charge in [-0.05, 0) is 18.9 Å². The minimum Gasteiger partial charge on any atom is -0.355 e. The Kier molecular flexibility index (Phi) is 4.67. The fraction of sp³-hybridized carbons (Fsp3) is 0.412. The van der Waals surface area contributed by atoms with Crippen molar-refractivity contribution in [3.63, 3.8) is 0 Å². The molecule has 0 aromatic carbocycles. The van der Waals surface area contributed by atoms with Gasteiger partial charge in [0.15, 0.2) is 11.3 Å². The van der Waals surface area contributed by atoms with Crippen molar-refractivity contribution in [2.75, 3.05) is 23.3 Å². The van der Waals surface area contributed by atoms with Gasteiger partial charge in [0.05, 0.1) is 11.9 Å². The van der Waals surface area contributed by atoms with E-state index in [0.717, 1.165) is 19.4 Å². The maximum atomic E-state index is 13.1. The lowest BCUT2D eigenvalue weighted by Gasteiger charge is -2.31. The van der Waals surface area contributed by atoms with E-state index in [-0.39, 0.29) is 17.3 Å². The molecule has 9 nitrogen and oxygen atoms in total. The second-order valence-electron chi connectivity index (χ2n) is 6.82. The number of hydrogen-bond donors (Lipinski definition) is 2. The van der Waals surface area contributed by atoms with Crippen LogP contribution in [0.3, 0.4) is 0 Å². The van der Waals surface area contributed by atoms with E-state index in [9.17, 15) is 13.6 Å². The number of hydrogen-bond acceptors (Lipinski definition) is 6. The van der Waals surface area contributed by atoms with Gasteiger partial charge in [0, 0.05) is 38.6 Å². The van der Waals surface area contributed by atoms with Crippen LogP contribution in [0.5, 0.6) is 0 Å². The molecule has 3 aromatic rings. The van der Waals surface area contributed by atoms with Crippen LogP contribution in [0.15, 0.2) is 24.7 Å². The van der Waals surface area contributed by atoms with E-state index in [1.165, 1.54) is 28.6 Å². The van der Waals surface area contributed by atoms with Crippen LogP contribution in [0, 0.1) is 0 Å². The highest BCUT2D eigenvalue weighted by atomic mass is 19.3. The summed E-state index contributed by atoms with van der Waals surface area (Å²) in [6.07, 6.45) is 3.55. The quantitative estimate of drug-likeness (QED) is 0.701. The number of nitrogens with one attached hydrogen (secondary N) is 1. The van der Waals surface area contributed by atoms with Crippen LogP contribution in [0.25, 0.3) is 5.65 Å². The number of amides is 1. The van der Waals surface area contributed by atoms with Gasteiger partial charge in [0.1, 0.15) is 11.4 Å². The summed E-state index contributed by atoms with van der Waals surface area (Å²) in [6, 6.07) is 1.90. The predicted molar refractivity (Wildman–Crippen MR) is 98.5 cm³/mol. The lowest BCUT2D eigenvalue weighted by Crippen LogP contribution is -2.43. The van der Waals surface area contributed by atoms with Crippen LogP contribution in [0.1, 0.15) is 35.3 Å². The van der Waals surface area contributed by atoms with E-state index in [1.807, 2.05) is 6.07 Å². The highest BCUT2D eigenvalue weighted by Gasteiger charge is 2.23. The number of fused-ring (bicyclic) bond motifs is 1. The molecule has 3 N–H and O–H groups in total. The van der Waals surface area contributed by atoms with Crippen LogP contribution >= 0.6 is 0 Å². The normalized spacial score (nSPS) is 17.5. The maximum absolute atomic E-state index is 13.1. The molecule has 4 rings (SSSR count). The molecule has 1 fully saturated rings. The molecule has 1 saturated heterocycles. The van der Waals surface area contributed by atoms with Crippen LogP contribution < -0.4 is 16.0 Å². The highest BCUT2D eigenvalue weighted by Crippen LogP contribution is 2.26. The molecule has 0 saturated carbocycles. The fourth-order valence-corrected chi connectivity index (χ4v) is 3.37.